The summed E-state index contributed by atoms with van der Waals surface area (Å²) in [7, 11) is 0. The van der Waals surface area contributed by atoms with Crippen LogP contribution in [0.2, 0.25) is 0 Å². The second-order valence-electron chi connectivity index (χ2n) is 11.5. The Morgan fingerprint density at radius 1 is 1.00 bits per heavy atom. The molecule has 1 amide bonds. The number of hydrogen-bond acceptors (Lipinski definition) is 16. The largest absolute Gasteiger partial charge is 0.394 e. The Bertz CT molecular complexity index is 860. The fourth-order valence-corrected chi connectivity index (χ4v) is 6.20. The Morgan fingerprint density at radius 2 is 1.71 bits per heavy atom. The topological polar surface area (TPSA) is 306 Å². The third kappa shape index (κ3) is 7.00. The molecule has 0 aromatic rings. The van der Waals surface area contributed by atoms with Crippen molar-refractivity contribution in [1.29, 1.82) is 0 Å². The van der Waals surface area contributed by atoms with Gasteiger partial charge in [-0.15, -0.1) is 0 Å². The molecule has 3 aliphatic heterocycles. The molecule has 0 radical (unpaired) electrons. The highest BCUT2D eigenvalue weighted by molar-refractivity contribution is 5.81. The molecule has 1 aliphatic carbocycles. The molecular weight excluding hydrogens is 546 g/mol. The summed E-state index contributed by atoms with van der Waals surface area (Å²) in [4.78, 5) is 12.6. The van der Waals surface area contributed by atoms with Gasteiger partial charge in [0.1, 0.15) is 30.5 Å². The van der Waals surface area contributed by atoms with Crippen LogP contribution >= 0.6 is 0 Å². The van der Waals surface area contributed by atoms with Gasteiger partial charge in [-0.3, -0.25) is 4.79 Å². The zero-order valence-electron chi connectivity index (χ0n) is 22.8. The van der Waals surface area contributed by atoms with Gasteiger partial charge in [-0.2, -0.15) is 0 Å². The maximum Gasteiger partial charge on any atom is 0.250 e. The lowest BCUT2D eigenvalue weighted by Crippen LogP contribution is -2.71. The molecule has 17 N–H and O–H groups in total. The molecule has 4 fully saturated rings. The molecule has 4 rings (SSSR count). The maximum absolute atomic E-state index is 12.6. The minimum Gasteiger partial charge on any atom is -0.394 e. The van der Waals surface area contributed by atoms with Crippen LogP contribution in [0.1, 0.15) is 12.8 Å². The van der Waals surface area contributed by atoms with Crippen LogP contribution in [0.3, 0.4) is 0 Å². The van der Waals surface area contributed by atoms with Crippen molar-refractivity contribution in [3.05, 3.63) is 0 Å². The normalized spacial score (nSPS) is 46.5. The third-order valence-electron chi connectivity index (χ3n) is 8.73. The van der Waals surface area contributed by atoms with Gasteiger partial charge in [0.05, 0.1) is 43.1 Å². The Balaban J connectivity index is 1.62. The summed E-state index contributed by atoms with van der Waals surface area (Å²) in [5, 5.41) is 72.3. The number of hydrogen-bond donors (Lipinski definition) is 13. The van der Waals surface area contributed by atoms with Crippen molar-refractivity contribution in [2.75, 3.05) is 32.8 Å². The number of amides is 1. The lowest BCUT2D eigenvalue weighted by Gasteiger charge is -2.52. The van der Waals surface area contributed by atoms with Crippen LogP contribution in [0.5, 0.6) is 0 Å². The Hall–Kier alpha value is -1.13. The first kappa shape index (κ1) is 32.8. The first-order chi connectivity index (χ1) is 19.5. The Labute approximate surface area is 237 Å². The number of nitrogens with two attached hydrogens (primary N) is 4. The average molecular weight is 594 g/mol. The molecule has 0 aromatic carbocycles. The number of aliphatic hydroxyl groups excluding tert-OH is 6. The van der Waals surface area contributed by atoms with E-state index in [9.17, 15) is 35.4 Å². The van der Waals surface area contributed by atoms with Gasteiger partial charge < -0.3 is 83.7 Å². The molecule has 41 heavy (non-hydrogen) atoms. The Morgan fingerprint density at radius 3 is 2.29 bits per heavy atom. The number of carbonyl (C=O) groups is 1. The van der Waals surface area contributed by atoms with E-state index in [4.69, 9.17) is 37.1 Å². The van der Waals surface area contributed by atoms with E-state index in [1.54, 1.807) is 0 Å². The van der Waals surface area contributed by atoms with Crippen LogP contribution in [-0.4, -0.2) is 161 Å². The minimum absolute atomic E-state index is 0.0356. The number of ether oxygens (including phenoxy) is 3. The van der Waals surface area contributed by atoms with E-state index in [-0.39, 0.29) is 25.6 Å². The van der Waals surface area contributed by atoms with Crippen molar-refractivity contribution in [2.24, 2.45) is 28.9 Å². The first-order valence-electron chi connectivity index (χ1n) is 14.2. The number of aliphatic hydroxyl groups is 6. The van der Waals surface area contributed by atoms with E-state index in [0.29, 0.717) is 6.42 Å². The lowest BCUT2D eigenvalue weighted by atomic mass is 9.71. The van der Waals surface area contributed by atoms with Gasteiger partial charge in [0.25, 0.3) is 0 Å². The second-order valence-corrected chi connectivity index (χ2v) is 11.5. The van der Waals surface area contributed by atoms with E-state index in [0.717, 1.165) is 13.1 Å². The molecule has 17 nitrogen and oxygen atoms in total. The minimum atomic E-state index is -1.55. The summed E-state index contributed by atoms with van der Waals surface area (Å²) < 4.78 is 17.9. The standard InChI is InChI=1S/C24H47N7O10/c25-3-13(34)23(38)31-10-1-9(27)16(21-11(30-8-5-29-6-8)2-12(33)14(4-26)39-21)19(36)22(10)41-24-20(37)17(28)18(35)15(7-32)40-24/h8-22,24,29-30,32-37H,1-7,25-28H2,(H,31,38). The molecule has 3 heterocycles. The van der Waals surface area contributed by atoms with Gasteiger partial charge in [-0.25, -0.2) is 0 Å². The van der Waals surface area contributed by atoms with E-state index in [2.05, 4.69) is 16.0 Å². The molecule has 0 spiro atoms. The van der Waals surface area contributed by atoms with Crippen molar-refractivity contribution >= 4 is 5.91 Å². The molecular formula is C24H47N7O10. The van der Waals surface area contributed by atoms with Crippen LogP contribution in [0.25, 0.3) is 0 Å². The predicted octanol–water partition coefficient (Wildman–Crippen LogP) is -7.94. The number of nitrogens with one attached hydrogen (secondary N) is 3. The van der Waals surface area contributed by atoms with Crippen molar-refractivity contribution in [2.45, 2.75) is 104 Å². The molecule has 0 aromatic heterocycles. The van der Waals surface area contributed by atoms with Crippen LogP contribution in [0.4, 0.5) is 0 Å². The number of rotatable bonds is 10. The summed E-state index contributed by atoms with van der Waals surface area (Å²) in [6.45, 7) is 0.508. The van der Waals surface area contributed by atoms with Crippen LogP contribution < -0.4 is 38.9 Å². The van der Waals surface area contributed by atoms with Gasteiger partial charge in [0.2, 0.25) is 5.91 Å². The van der Waals surface area contributed by atoms with Crippen molar-refractivity contribution in [3.63, 3.8) is 0 Å². The van der Waals surface area contributed by atoms with Crippen LogP contribution in [0, 0.1) is 5.92 Å². The van der Waals surface area contributed by atoms with Crippen molar-refractivity contribution in [1.82, 2.24) is 16.0 Å². The lowest BCUT2D eigenvalue weighted by molar-refractivity contribution is -0.307. The van der Waals surface area contributed by atoms with E-state index >= 15 is 0 Å². The van der Waals surface area contributed by atoms with Crippen LogP contribution in [0.15, 0.2) is 0 Å². The smallest absolute Gasteiger partial charge is 0.250 e. The Kier molecular flexibility index (Phi) is 11.3. The summed E-state index contributed by atoms with van der Waals surface area (Å²) in [5.74, 6) is -1.61. The van der Waals surface area contributed by atoms with Gasteiger partial charge in [0.15, 0.2) is 6.29 Å². The summed E-state index contributed by atoms with van der Waals surface area (Å²) >= 11 is 0. The molecule has 3 saturated heterocycles. The zero-order valence-corrected chi connectivity index (χ0v) is 22.8. The summed E-state index contributed by atoms with van der Waals surface area (Å²) in [6.07, 6.45) is -11.8. The second kappa shape index (κ2) is 14.1. The van der Waals surface area contributed by atoms with E-state index < -0.39 is 104 Å². The summed E-state index contributed by atoms with van der Waals surface area (Å²) in [6, 6.07) is -3.25. The molecule has 15 atom stereocenters. The van der Waals surface area contributed by atoms with Crippen molar-refractivity contribution in [3.8, 4) is 0 Å². The van der Waals surface area contributed by atoms with E-state index in [1.807, 2.05) is 0 Å². The predicted molar refractivity (Wildman–Crippen MR) is 142 cm³/mol. The zero-order chi connectivity index (χ0) is 30.0. The molecule has 4 aliphatic rings. The summed E-state index contributed by atoms with van der Waals surface area (Å²) in [5.41, 5.74) is 23.8. The SMILES string of the molecule is NCC(O)C(=O)NC1CC(N)C(C2OC(CN)C(O)CC2NC2CNC2)C(O)C1OC1OC(CO)C(O)C(N)C1O. The highest BCUT2D eigenvalue weighted by Gasteiger charge is 2.54. The average Bonchev–Trinajstić information content (AvgIpc) is 2.92. The van der Waals surface area contributed by atoms with Gasteiger partial charge in [-0.05, 0) is 12.8 Å². The van der Waals surface area contributed by atoms with Crippen molar-refractivity contribution < 1.29 is 49.6 Å². The maximum atomic E-state index is 12.6. The molecule has 17 heteroatoms. The fourth-order valence-electron chi connectivity index (χ4n) is 6.20. The third-order valence-corrected chi connectivity index (χ3v) is 8.73. The monoisotopic (exact) mass is 593 g/mol. The highest BCUT2D eigenvalue weighted by atomic mass is 16.7. The van der Waals surface area contributed by atoms with Gasteiger partial charge >= 0.3 is 0 Å². The van der Waals surface area contributed by atoms with E-state index in [1.165, 1.54) is 0 Å². The fraction of sp³-hybridized carbons (Fsp3) is 0.958. The molecule has 1 saturated carbocycles. The molecule has 238 valence electrons. The number of carbonyl (C=O) groups excluding carboxylic acids is 1. The van der Waals surface area contributed by atoms with Crippen LogP contribution in [-0.2, 0) is 19.0 Å². The quantitative estimate of drug-likeness (QED) is 0.112. The van der Waals surface area contributed by atoms with Gasteiger partial charge in [0, 0.05) is 50.2 Å². The first-order valence-corrected chi connectivity index (χ1v) is 14.2. The molecule has 0 bridgehead atoms. The highest BCUT2D eigenvalue weighted by Crippen LogP contribution is 2.37. The van der Waals surface area contributed by atoms with Gasteiger partial charge in [-0.1, -0.05) is 0 Å². The molecule has 15 unspecified atom stereocenters.